The first kappa shape index (κ1) is 19.5. The van der Waals surface area contributed by atoms with Crippen LogP contribution in [0.3, 0.4) is 0 Å². The summed E-state index contributed by atoms with van der Waals surface area (Å²) in [6.07, 6.45) is 13.9. The Balaban J connectivity index is 1.55. The number of terminal acetylenes is 1. The standard InChI is InChI=1S/C23H28N4O2/c1-3-11-27-12-10-19(25-27)16-26(13-14-29-2)23(28)24-22-20-8-4-6-17(20)15-18-7-5-9-21(18)22/h1,10,12,15H,4-9,11,13-14,16H2,2H3,(H,24,28). The van der Waals surface area contributed by atoms with Gasteiger partial charge in [0, 0.05) is 25.5 Å². The molecule has 29 heavy (non-hydrogen) atoms. The van der Waals surface area contributed by atoms with Crippen molar-refractivity contribution in [2.45, 2.75) is 51.6 Å². The lowest BCUT2D eigenvalue weighted by molar-refractivity contribution is 0.152. The highest BCUT2D eigenvalue weighted by atomic mass is 16.5. The van der Waals surface area contributed by atoms with Crippen molar-refractivity contribution in [3.63, 3.8) is 0 Å². The van der Waals surface area contributed by atoms with Crippen LogP contribution < -0.4 is 5.32 Å². The topological polar surface area (TPSA) is 59.4 Å². The van der Waals surface area contributed by atoms with Crippen LogP contribution in [-0.4, -0.2) is 41.0 Å². The van der Waals surface area contributed by atoms with Crippen molar-refractivity contribution in [1.82, 2.24) is 14.7 Å². The molecule has 2 aromatic rings. The second kappa shape index (κ2) is 8.71. The molecule has 2 aliphatic carbocycles. The molecular formula is C23H28N4O2. The Labute approximate surface area is 172 Å². The average molecular weight is 393 g/mol. The lowest BCUT2D eigenvalue weighted by atomic mass is 9.99. The predicted octanol–water partition coefficient (Wildman–Crippen LogP) is 3.17. The van der Waals surface area contributed by atoms with Crippen LogP contribution in [0, 0.1) is 12.3 Å². The molecule has 0 fully saturated rings. The van der Waals surface area contributed by atoms with E-state index in [4.69, 9.17) is 11.2 Å². The van der Waals surface area contributed by atoms with Gasteiger partial charge in [0.05, 0.1) is 18.8 Å². The van der Waals surface area contributed by atoms with E-state index in [2.05, 4.69) is 22.4 Å². The Morgan fingerprint density at radius 3 is 2.66 bits per heavy atom. The Bertz CT molecular complexity index is 909. The highest BCUT2D eigenvalue weighted by molar-refractivity contribution is 5.92. The van der Waals surface area contributed by atoms with Crippen LogP contribution in [0.2, 0.25) is 0 Å². The van der Waals surface area contributed by atoms with Crippen LogP contribution in [0.15, 0.2) is 18.3 Å². The molecule has 6 nitrogen and oxygen atoms in total. The average Bonchev–Trinajstić information content (AvgIpc) is 3.45. The number of nitrogens with zero attached hydrogens (tertiary/aromatic N) is 3. The number of ether oxygens (including phenoxy) is 1. The third-order valence-corrected chi connectivity index (χ3v) is 5.86. The van der Waals surface area contributed by atoms with Crippen molar-refractivity contribution < 1.29 is 9.53 Å². The number of aromatic nitrogens is 2. The number of fused-ring (bicyclic) bond motifs is 2. The number of urea groups is 1. The summed E-state index contributed by atoms with van der Waals surface area (Å²) in [5, 5.41) is 7.73. The minimum atomic E-state index is -0.0945. The van der Waals surface area contributed by atoms with Gasteiger partial charge in [0.25, 0.3) is 0 Å². The molecule has 1 aromatic carbocycles. The summed E-state index contributed by atoms with van der Waals surface area (Å²) in [6, 6.07) is 4.19. The minimum absolute atomic E-state index is 0.0945. The maximum atomic E-state index is 13.2. The second-order valence-corrected chi connectivity index (χ2v) is 7.79. The van der Waals surface area contributed by atoms with Gasteiger partial charge in [-0.15, -0.1) is 6.42 Å². The Morgan fingerprint density at radius 2 is 2.00 bits per heavy atom. The molecule has 6 heteroatoms. The predicted molar refractivity (Wildman–Crippen MR) is 113 cm³/mol. The highest BCUT2D eigenvalue weighted by Crippen LogP contribution is 2.38. The van der Waals surface area contributed by atoms with E-state index in [-0.39, 0.29) is 6.03 Å². The fourth-order valence-corrected chi connectivity index (χ4v) is 4.47. The zero-order chi connectivity index (χ0) is 20.2. The lowest BCUT2D eigenvalue weighted by Gasteiger charge is -2.24. The number of hydrogen-bond acceptors (Lipinski definition) is 3. The van der Waals surface area contributed by atoms with Crippen LogP contribution >= 0.6 is 0 Å². The zero-order valence-corrected chi connectivity index (χ0v) is 17.0. The van der Waals surface area contributed by atoms with Crippen molar-refractivity contribution >= 4 is 11.7 Å². The van der Waals surface area contributed by atoms with E-state index < -0.39 is 0 Å². The molecule has 0 spiro atoms. The lowest BCUT2D eigenvalue weighted by Crippen LogP contribution is -2.37. The van der Waals surface area contributed by atoms with E-state index in [0.717, 1.165) is 37.1 Å². The van der Waals surface area contributed by atoms with Gasteiger partial charge in [-0.25, -0.2) is 4.79 Å². The van der Waals surface area contributed by atoms with Crippen LogP contribution in [0.1, 0.15) is 40.8 Å². The number of rotatable bonds is 7. The third-order valence-electron chi connectivity index (χ3n) is 5.86. The molecule has 0 aliphatic heterocycles. The molecular weight excluding hydrogens is 364 g/mol. The summed E-state index contributed by atoms with van der Waals surface area (Å²) in [5.41, 5.74) is 7.38. The Hall–Kier alpha value is -2.78. The Morgan fingerprint density at radius 1 is 1.28 bits per heavy atom. The molecule has 2 amide bonds. The first-order valence-electron chi connectivity index (χ1n) is 10.4. The number of methoxy groups -OCH3 is 1. The van der Waals surface area contributed by atoms with Gasteiger partial charge in [-0.05, 0) is 66.8 Å². The van der Waals surface area contributed by atoms with Gasteiger partial charge >= 0.3 is 6.03 Å². The molecule has 1 heterocycles. The summed E-state index contributed by atoms with van der Waals surface area (Å²) >= 11 is 0. The maximum Gasteiger partial charge on any atom is 0.322 e. The van der Waals surface area contributed by atoms with E-state index in [1.807, 2.05) is 12.3 Å². The summed E-state index contributed by atoms with van der Waals surface area (Å²) in [6.45, 7) is 1.82. The van der Waals surface area contributed by atoms with Crippen molar-refractivity contribution in [3.8, 4) is 12.3 Å². The molecule has 0 saturated carbocycles. The third kappa shape index (κ3) is 4.15. The van der Waals surface area contributed by atoms with Gasteiger partial charge in [0.2, 0.25) is 0 Å². The summed E-state index contributed by atoms with van der Waals surface area (Å²) in [4.78, 5) is 15.0. The second-order valence-electron chi connectivity index (χ2n) is 7.79. The molecule has 1 aromatic heterocycles. The van der Waals surface area contributed by atoms with Gasteiger partial charge in [-0.1, -0.05) is 12.0 Å². The number of carbonyl (C=O) groups is 1. The molecule has 2 aliphatic rings. The van der Waals surface area contributed by atoms with Gasteiger partial charge < -0.3 is 15.0 Å². The minimum Gasteiger partial charge on any atom is -0.383 e. The molecule has 0 atom stereocenters. The fraction of sp³-hybridized carbons (Fsp3) is 0.478. The van der Waals surface area contributed by atoms with Crippen molar-refractivity contribution in [1.29, 1.82) is 0 Å². The number of nitrogens with one attached hydrogen (secondary N) is 1. The van der Waals surface area contributed by atoms with Crippen molar-refractivity contribution in [2.75, 3.05) is 25.6 Å². The first-order chi connectivity index (χ1) is 14.2. The maximum absolute atomic E-state index is 13.2. The molecule has 0 unspecified atom stereocenters. The van der Waals surface area contributed by atoms with Gasteiger partial charge in [0.15, 0.2) is 0 Å². The SMILES string of the molecule is C#CCn1ccc(CN(CCOC)C(=O)Nc2c3c(cc4c2CCC4)CCC3)n1. The van der Waals surface area contributed by atoms with Crippen molar-refractivity contribution in [2.24, 2.45) is 0 Å². The van der Waals surface area contributed by atoms with Crippen molar-refractivity contribution in [3.05, 3.63) is 46.3 Å². The van der Waals surface area contributed by atoms with Crippen LogP contribution in [-0.2, 0) is 43.5 Å². The summed E-state index contributed by atoms with van der Waals surface area (Å²) in [5.74, 6) is 2.58. The number of anilines is 1. The molecule has 152 valence electrons. The number of carbonyl (C=O) groups excluding carboxylic acids is 1. The molecule has 0 radical (unpaired) electrons. The molecule has 0 bridgehead atoms. The summed E-state index contributed by atoms with van der Waals surface area (Å²) in [7, 11) is 1.65. The van der Waals surface area contributed by atoms with E-state index >= 15 is 0 Å². The van der Waals surface area contributed by atoms with Crippen LogP contribution in [0.25, 0.3) is 0 Å². The van der Waals surface area contributed by atoms with Gasteiger partial charge in [0.1, 0.15) is 6.54 Å². The van der Waals surface area contributed by atoms with E-state index in [1.54, 1.807) is 16.7 Å². The monoisotopic (exact) mass is 392 g/mol. The van der Waals surface area contributed by atoms with Gasteiger partial charge in [-0.3, -0.25) is 4.68 Å². The number of hydrogen-bond donors (Lipinski definition) is 1. The van der Waals surface area contributed by atoms with Crippen LogP contribution in [0.4, 0.5) is 10.5 Å². The molecule has 4 rings (SSSR count). The number of benzene rings is 1. The number of amides is 2. The highest BCUT2D eigenvalue weighted by Gasteiger charge is 2.26. The van der Waals surface area contributed by atoms with Crippen LogP contribution in [0.5, 0.6) is 0 Å². The fourth-order valence-electron chi connectivity index (χ4n) is 4.47. The Kier molecular flexibility index (Phi) is 5.86. The smallest absolute Gasteiger partial charge is 0.322 e. The zero-order valence-electron chi connectivity index (χ0n) is 17.0. The van der Waals surface area contributed by atoms with E-state index in [0.29, 0.717) is 26.2 Å². The summed E-state index contributed by atoms with van der Waals surface area (Å²) < 4.78 is 6.94. The van der Waals surface area contributed by atoms with E-state index in [9.17, 15) is 4.79 Å². The quantitative estimate of drug-likeness (QED) is 0.737. The molecule has 1 N–H and O–H groups in total. The normalized spacial score (nSPS) is 14.3. The van der Waals surface area contributed by atoms with Gasteiger partial charge in [-0.2, -0.15) is 5.10 Å². The largest absolute Gasteiger partial charge is 0.383 e. The molecule has 0 saturated heterocycles. The van der Waals surface area contributed by atoms with E-state index in [1.165, 1.54) is 35.1 Å². The number of aryl methyl sites for hydroxylation is 2. The first-order valence-corrected chi connectivity index (χ1v) is 10.4.